The average molecular weight is 332 g/mol. The van der Waals surface area contributed by atoms with Crippen LogP contribution >= 0.6 is 0 Å². The molecule has 0 aromatic heterocycles. The zero-order valence-electron chi connectivity index (χ0n) is 13.4. The predicted molar refractivity (Wildman–Crippen MR) is 95.6 cm³/mol. The van der Waals surface area contributed by atoms with Crippen LogP contribution < -0.4 is 9.96 Å². The summed E-state index contributed by atoms with van der Waals surface area (Å²) in [4.78, 5) is 26.6. The van der Waals surface area contributed by atoms with Crippen molar-refractivity contribution in [1.29, 1.82) is 0 Å². The van der Waals surface area contributed by atoms with Gasteiger partial charge in [-0.3, -0.25) is 14.8 Å². The highest BCUT2D eigenvalue weighted by Crippen LogP contribution is 2.32. The molecule has 1 heterocycles. The molecule has 5 heteroatoms. The Kier molecular flexibility index (Phi) is 3.71. The number of imide groups is 1. The van der Waals surface area contributed by atoms with Crippen LogP contribution in [0.2, 0.25) is 0 Å². The highest BCUT2D eigenvalue weighted by molar-refractivity contribution is 6.25. The number of benzene rings is 3. The predicted octanol–water partition coefficient (Wildman–Crippen LogP) is 3.37. The lowest BCUT2D eigenvalue weighted by Crippen LogP contribution is -2.40. The third kappa shape index (κ3) is 2.55. The fourth-order valence-corrected chi connectivity index (χ4v) is 3.22. The molecule has 3 aromatic rings. The summed E-state index contributed by atoms with van der Waals surface area (Å²) in [5, 5.41) is 13.1. The van der Waals surface area contributed by atoms with Crippen LogP contribution in [0.5, 0.6) is 0 Å². The number of carbonyl (C=O) groups excluding carboxylic acids is 2. The lowest BCUT2D eigenvalue weighted by molar-refractivity contribution is -0.121. The van der Waals surface area contributed by atoms with E-state index in [0.717, 1.165) is 15.8 Å². The van der Waals surface area contributed by atoms with Crippen LogP contribution in [-0.2, 0) is 9.59 Å². The number of hydrogen-bond donors (Lipinski definition) is 1. The van der Waals surface area contributed by atoms with Crippen molar-refractivity contribution in [3.8, 4) is 0 Å². The molecule has 2 amide bonds. The Morgan fingerprint density at radius 2 is 1.56 bits per heavy atom. The smallest absolute Gasteiger partial charge is 0.259 e. The van der Waals surface area contributed by atoms with Crippen molar-refractivity contribution >= 4 is 34.0 Å². The maximum atomic E-state index is 12.9. The topological polar surface area (TPSA) is 60.9 Å². The van der Waals surface area contributed by atoms with E-state index < -0.39 is 11.9 Å². The fourth-order valence-electron chi connectivity index (χ4n) is 3.22. The Balaban J connectivity index is 1.72. The second-order valence-corrected chi connectivity index (χ2v) is 5.97. The maximum Gasteiger partial charge on any atom is 0.259 e. The number of carbonyl (C=O) groups is 2. The number of hydroxylamine groups is 1. The van der Waals surface area contributed by atoms with E-state index in [4.69, 9.17) is 0 Å². The lowest BCUT2D eigenvalue weighted by atomic mass is 10.1. The number of amides is 2. The standard InChI is InChI=1S/C20H16N2O3/c23-19-13-18(22(25)15-9-2-1-3-10-15)20(24)21(19)17-12-6-8-14-7-4-5-11-16(14)17/h1-12,18,25H,13H2. The van der Waals surface area contributed by atoms with Gasteiger partial charge in [-0.05, 0) is 23.6 Å². The minimum absolute atomic E-state index is 0.0621. The first-order valence-electron chi connectivity index (χ1n) is 8.04. The summed E-state index contributed by atoms with van der Waals surface area (Å²) >= 11 is 0. The molecule has 5 nitrogen and oxygen atoms in total. The van der Waals surface area contributed by atoms with Crippen molar-refractivity contribution in [2.24, 2.45) is 0 Å². The first kappa shape index (κ1) is 15.4. The first-order chi connectivity index (χ1) is 12.2. The molecular weight excluding hydrogens is 316 g/mol. The average Bonchev–Trinajstić information content (AvgIpc) is 2.95. The quantitative estimate of drug-likeness (QED) is 0.590. The molecule has 0 spiro atoms. The van der Waals surface area contributed by atoms with E-state index in [1.165, 1.54) is 4.90 Å². The highest BCUT2D eigenvalue weighted by Gasteiger charge is 2.43. The SMILES string of the molecule is O=C1CC(N(O)c2ccccc2)C(=O)N1c1cccc2ccccc12. The van der Waals surface area contributed by atoms with E-state index in [0.29, 0.717) is 11.4 Å². The molecule has 4 rings (SSSR count). The number of fused-ring (bicyclic) bond motifs is 1. The number of rotatable bonds is 3. The first-order valence-corrected chi connectivity index (χ1v) is 8.04. The Bertz CT molecular complexity index is 950. The zero-order valence-corrected chi connectivity index (χ0v) is 13.4. The second-order valence-electron chi connectivity index (χ2n) is 5.97. The summed E-state index contributed by atoms with van der Waals surface area (Å²) < 4.78 is 0. The van der Waals surface area contributed by atoms with Crippen LogP contribution in [0.15, 0.2) is 72.8 Å². The van der Waals surface area contributed by atoms with Crippen molar-refractivity contribution < 1.29 is 14.8 Å². The molecule has 1 N–H and O–H groups in total. The summed E-state index contributed by atoms with van der Waals surface area (Å²) in [6, 6.07) is 20.9. The molecule has 0 aliphatic carbocycles. The van der Waals surface area contributed by atoms with Gasteiger partial charge in [0.15, 0.2) is 0 Å². The number of anilines is 2. The van der Waals surface area contributed by atoms with Crippen LogP contribution in [0.25, 0.3) is 10.8 Å². The molecule has 0 radical (unpaired) electrons. The van der Waals surface area contributed by atoms with Gasteiger partial charge < -0.3 is 0 Å². The van der Waals surface area contributed by atoms with Crippen molar-refractivity contribution in [3.05, 3.63) is 72.8 Å². The molecule has 1 unspecified atom stereocenters. The molecule has 25 heavy (non-hydrogen) atoms. The molecule has 1 aliphatic heterocycles. The third-order valence-electron chi connectivity index (χ3n) is 4.45. The van der Waals surface area contributed by atoms with Crippen LogP contribution in [0.4, 0.5) is 11.4 Å². The summed E-state index contributed by atoms with van der Waals surface area (Å²) in [5.41, 5.74) is 1.03. The molecule has 1 atom stereocenters. The van der Waals surface area contributed by atoms with Crippen LogP contribution in [-0.4, -0.2) is 23.1 Å². The minimum Gasteiger partial charge on any atom is -0.288 e. The van der Waals surface area contributed by atoms with Crippen LogP contribution in [0, 0.1) is 0 Å². The van der Waals surface area contributed by atoms with Gasteiger partial charge in [0, 0.05) is 5.39 Å². The summed E-state index contributed by atoms with van der Waals surface area (Å²) in [5.74, 6) is -0.742. The summed E-state index contributed by atoms with van der Waals surface area (Å²) in [6.07, 6.45) is -0.0621. The molecule has 3 aromatic carbocycles. The number of nitrogens with zero attached hydrogens (tertiary/aromatic N) is 2. The van der Waals surface area contributed by atoms with Crippen molar-refractivity contribution in [1.82, 2.24) is 0 Å². The molecule has 1 aliphatic rings. The molecule has 124 valence electrons. The van der Waals surface area contributed by atoms with Gasteiger partial charge in [-0.25, -0.2) is 9.96 Å². The van der Waals surface area contributed by atoms with Gasteiger partial charge >= 0.3 is 0 Å². The van der Waals surface area contributed by atoms with Crippen molar-refractivity contribution in [2.75, 3.05) is 9.96 Å². The molecule has 0 saturated carbocycles. The van der Waals surface area contributed by atoms with Gasteiger partial charge in [0.1, 0.15) is 6.04 Å². The van der Waals surface area contributed by atoms with E-state index in [1.807, 2.05) is 42.5 Å². The normalized spacial score (nSPS) is 17.3. The van der Waals surface area contributed by atoms with E-state index in [-0.39, 0.29) is 12.3 Å². The third-order valence-corrected chi connectivity index (χ3v) is 4.45. The van der Waals surface area contributed by atoms with E-state index in [1.54, 1.807) is 30.3 Å². The molecule has 1 saturated heterocycles. The molecular formula is C20H16N2O3. The number of para-hydroxylation sites is 1. The maximum absolute atomic E-state index is 12.9. The summed E-state index contributed by atoms with van der Waals surface area (Å²) in [6.45, 7) is 0. The Morgan fingerprint density at radius 3 is 2.36 bits per heavy atom. The monoisotopic (exact) mass is 332 g/mol. The highest BCUT2D eigenvalue weighted by atomic mass is 16.5. The lowest BCUT2D eigenvalue weighted by Gasteiger charge is -2.23. The van der Waals surface area contributed by atoms with Crippen LogP contribution in [0.3, 0.4) is 0 Å². The van der Waals surface area contributed by atoms with Gasteiger partial charge in [0.05, 0.1) is 17.8 Å². The van der Waals surface area contributed by atoms with Crippen molar-refractivity contribution in [3.63, 3.8) is 0 Å². The van der Waals surface area contributed by atoms with Gasteiger partial charge in [-0.1, -0.05) is 54.6 Å². The van der Waals surface area contributed by atoms with Crippen LogP contribution in [0.1, 0.15) is 6.42 Å². The van der Waals surface area contributed by atoms with E-state index in [9.17, 15) is 14.8 Å². The second kappa shape index (κ2) is 6.03. The zero-order chi connectivity index (χ0) is 17.4. The Morgan fingerprint density at radius 1 is 0.880 bits per heavy atom. The number of hydrogen-bond acceptors (Lipinski definition) is 4. The van der Waals surface area contributed by atoms with E-state index in [2.05, 4.69) is 0 Å². The minimum atomic E-state index is -0.922. The molecule has 0 bridgehead atoms. The largest absolute Gasteiger partial charge is 0.288 e. The summed E-state index contributed by atoms with van der Waals surface area (Å²) in [7, 11) is 0. The fraction of sp³-hybridized carbons (Fsp3) is 0.100. The van der Waals surface area contributed by atoms with Gasteiger partial charge in [-0.15, -0.1) is 0 Å². The Labute approximate surface area is 144 Å². The van der Waals surface area contributed by atoms with Crippen molar-refractivity contribution in [2.45, 2.75) is 12.5 Å². The molecule has 1 fully saturated rings. The van der Waals surface area contributed by atoms with Gasteiger partial charge in [0.25, 0.3) is 5.91 Å². The van der Waals surface area contributed by atoms with Gasteiger partial charge in [0.2, 0.25) is 5.91 Å². The van der Waals surface area contributed by atoms with E-state index >= 15 is 0 Å². The van der Waals surface area contributed by atoms with Gasteiger partial charge in [-0.2, -0.15) is 0 Å². The Hall–Kier alpha value is -3.18.